The summed E-state index contributed by atoms with van der Waals surface area (Å²) in [7, 11) is -1.05. The summed E-state index contributed by atoms with van der Waals surface area (Å²) in [5, 5.41) is 12.8. The lowest BCUT2D eigenvalue weighted by molar-refractivity contribution is -0.121. The van der Waals surface area contributed by atoms with Crippen LogP contribution in [0.3, 0.4) is 0 Å². The van der Waals surface area contributed by atoms with Crippen LogP contribution in [0.4, 0.5) is 11.6 Å². The number of carbonyl (C=O) groups excluding carboxylic acids is 2. The predicted octanol–water partition coefficient (Wildman–Crippen LogP) is 0.475. The van der Waals surface area contributed by atoms with E-state index in [0.717, 1.165) is 5.56 Å². The number of rotatable bonds is 14. The van der Waals surface area contributed by atoms with E-state index in [1.807, 2.05) is 47.0 Å². The quantitative estimate of drug-likeness (QED) is 0.0937. The van der Waals surface area contributed by atoms with E-state index in [0.29, 0.717) is 25.2 Å². The zero-order chi connectivity index (χ0) is 32.4. The lowest BCUT2D eigenvalue weighted by Crippen LogP contribution is -2.38. The molecule has 1 heterocycles. The second kappa shape index (κ2) is 15.2. The number of nitrogen functional groups attached to an aromatic ring is 2. The summed E-state index contributed by atoms with van der Waals surface area (Å²) < 4.78 is 32.9. The fourth-order valence-corrected chi connectivity index (χ4v) is 5.48. The molecule has 2 amide bonds. The summed E-state index contributed by atoms with van der Waals surface area (Å²) in [6.07, 6.45) is 0.0301. The maximum Gasteiger partial charge on any atom is 0.273 e. The summed E-state index contributed by atoms with van der Waals surface area (Å²) in [4.78, 5) is 34.8. The van der Waals surface area contributed by atoms with Gasteiger partial charge in [-0.15, -0.1) is 0 Å². The highest BCUT2D eigenvalue weighted by Crippen LogP contribution is 2.33. The van der Waals surface area contributed by atoms with Crippen LogP contribution in [0.2, 0.25) is 5.15 Å². The van der Waals surface area contributed by atoms with Gasteiger partial charge in [-0.1, -0.05) is 48.0 Å². The average molecular weight is 647 g/mol. The average Bonchev–Trinajstić information content (AvgIpc) is 2.97. The molecule has 0 aliphatic rings. The number of halogens is 1. The van der Waals surface area contributed by atoms with Crippen LogP contribution in [-0.2, 0) is 14.8 Å². The fraction of sp³-hybridized carbons (Fsp3) is 0.296. The second-order valence-electron chi connectivity index (χ2n) is 9.64. The zero-order valence-corrected chi connectivity index (χ0v) is 25.7. The first-order valence-corrected chi connectivity index (χ1v) is 15.1. The lowest BCUT2D eigenvalue weighted by atomic mass is 9.88. The van der Waals surface area contributed by atoms with Gasteiger partial charge in [0.05, 0.1) is 7.11 Å². The van der Waals surface area contributed by atoms with Gasteiger partial charge in [0.15, 0.2) is 28.4 Å². The van der Waals surface area contributed by atoms with Crippen molar-refractivity contribution in [3.63, 3.8) is 0 Å². The number of carbonyl (C=O) groups is 2. The number of methoxy groups -OCH3 is 1. The van der Waals surface area contributed by atoms with Crippen molar-refractivity contribution in [3.8, 4) is 5.75 Å². The van der Waals surface area contributed by atoms with E-state index in [9.17, 15) is 18.0 Å². The summed E-state index contributed by atoms with van der Waals surface area (Å²) in [6.45, 7) is 1.53. The molecule has 0 radical (unpaired) electrons. The Morgan fingerprint density at radius 2 is 1.68 bits per heavy atom. The number of nitrogens with zero attached hydrogens (tertiary/aromatic N) is 3. The van der Waals surface area contributed by atoms with Gasteiger partial charge in [0.25, 0.3) is 15.9 Å². The molecular formula is C27H35ClN10O5S. The number of aromatic nitrogens is 2. The van der Waals surface area contributed by atoms with Crippen LogP contribution < -0.4 is 37.3 Å². The van der Waals surface area contributed by atoms with E-state index in [1.165, 1.54) is 19.2 Å². The molecule has 3 rings (SSSR count). The smallest absolute Gasteiger partial charge is 0.273 e. The Morgan fingerprint density at radius 1 is 1.02 bits per heavy atom. The molecule has 0 saturated carbocycles. The lowest BCUT2D eigenvalue weighted by Gasteiger charge is -2.21. The Balaban J connectivity index is 1.61. The molecule has 0 aliphatic heterocycles. The molecule has 17 heteroatoms. The molecule has 1 aromatic heterocycles. The fourth-order valence-electron chi connectivity index (χ4n) is 4.24. The number of sulfonamides is 1. The number of nitrogens with two attached hydrogens (primary N) is 3. The molecule has 0 fully saturated rings. The summed E-state index contributed by atoms with van der Waals surface area (Å²) >= 11 is 5.83. The van der Waals surface area contributed by atoms with Gasteiger partial charge in [-0.3, -0.25) is 15.0 Å². The molecule has 2 aromatic carbocycles. The molecule has 1 atom stereocenters. The van der Waals surface area contributed by atoms with Gasteiger partial charge >= 0.3 is 0 Å². The molecule has 236 valence electrons. The maximum absolute atomic E-state index is 13.0. The Hall–Kier alpha value is -4.67. The van der Waals surface area contributed by atoms with Crippen LogP contribution >= 0.6 is 11.6 Å². The number of nitrogens with one attached hydrogen (secondary N) is 4. The van der Waals surface area contributed by atoms with Crippen LogP contribution in [0.25, 0.3) is 0 Å². The van der Waals surface area contributed by atoms with Crippen molar-refractivity contribution in [2.75, 3.05) is 51.8 Å². The van der Waals surface area contributed by atoms with Crippen LogP contribution in [0, 0.1) is 5.41 Å². The minimum atomic E-state index is -4.21. The topological polar surface area (TPSA) is 245 Å². The van der Waals surface area contributed by atoms with E-state index in [1.54, 1.807) is 6.07 Å². The Kier molecular flexibility index (Phi) is 11.7. The Bertz CT molecular complexity index is 1610. The third-order valence-corrected chi connectivity index (χ3v) is 8.09. The van der Waals surface area contributed by atoms with Crippen molar-refractivity contribution < 1.29 is 22.7 Å². The van der Waals surface area contributed by atoms with Gasteiger partial charge in [-0.2, -0.15) is 0 Å². The van der Waals surface area contributed by atoms with Crippen molar-refractivity contribution in [1.82, 2.24) is 30.2 Å². The number of guanidine groups is 1. The largest absolute Gasteiger partial charge is 0.495 e. The van der Waals surface area contributed by atoms with Crippen LogP contribution in [0.15, 0.2) is 53.4 Å². The van der Waals surface area contributed by atoms with E-state index < -0.39 is 27.8 Å². The second-order valence-corrected chi connectivity index (χ2v) is 11.6. The molecule has 0 saturated heterocycles. The molecule has 0 spiro atoms. The van der Waals surface area contributed by atoms with Crippen LogP contribution in [0.5, 0.6) is 5.75 Å². The molecule has 0 aliphatic carbocycles. The normalized spacial score (nSPS) is 11.9. The zero-order valence-electron chi connectivity index (χ0n) is 24.1. The van der Waals surface area contributed by atoms with Crippen molar-refractivity contribution in [3.05, 3.63) is 70.5 Å². The number of amides is 2. The van der Waals surface area contributed by atoms with E-state index in [2.05, 4.69) is 20.6 Å². The van der Waals surface area contributed by atoms with Gasteiger partial charge in [-0.05, 0) is 30.3 Å². The molecular weight excluding hydrogens is 612 g/mol. The SMILES string of the molecule is COc1ccc(C(CC(=O)NCCN(C)CCNC(=O)c2nc(Cl)c(N)nc2N)c2ccccc2)cc1S(=O)(=O)NC(=N)N. The number of hydrogen-bond acceptors (Lipinski definition) is 11. The Morgan fingerprint density at radius 3 is 2.32 bits per heavy atom. The minimum absolute atomic E-state index is 0.0301. The minimum Gasteiger partial charge on any atom is -0.495 e. The predicted molar refractivity (Wildman–Crippen MR) is 167 cm³/mol. The van der Waals surface area contributed by atoms with Crippen molar-refractivity contribution in [2.45, 2.75) is 17.2 Å². The third kappa shape index (κ3) is 9.16. The number of ether oxygens (including phenoxy) is 1. The number of benzene rings is 2. The van der Waals surface area contributed by atoms with Crippen molar-refractivity contribution in [2.24, 2.45) is 5.73 Å². The summed E-state index contributed by atoms with van der Waals surface area (Å²) in [5.41, 5.74) is 17.7. The molecule has 44 heavy (non-hydrogen) atoms. The van der Waals surface area contributed by atoms with Crippen LogP contribution in [-0.4, -0.2) is 81.4 Å². The molecule has 0 bridgehead atoms. The van der Waals surface area contributed by atoms with Gasteiger partial charge < -0.3 is 37.5 Å². The first kappa shape index (κ1) is 33.8. The highest BCUT2D eigenvalue weighted by molar-refractivity contribution is 7.90. The number of hydrogen-bond donors (Lipinski definition) is 7. The molecule has 15 nitrogen and oxygen atoms in total. The third-order valence-electron chi connectivity index (χ3n) is 6.43. The number of likely N-dealkylation sites (N-methyl/N-ethyl adjacent to an activating group) is 1. The van der Waals surface area contributed by atoms with Gasteiger partial charge in [0, 0.05) is 38.5 Å². The van der Waals surface area contributed by atoms with Gasteiger partial charge in [-0.25, -0.2) is 23.1 Å². The van der Waals surface area contributed by atoms with Gasteiger partial charge in [0.2, 0.25) is 5.91 Å². The van der Waals surface area contributed by atoms with Crippen molar-refractivity contribution in [1.29, 1.82) is 5.41 Å². The van der Waals surface area contributed by atoms with Crippen molar-refractivity contribution >= 4 is 51.0 Å². The summed E-state index contributed by atoms with van der Waals surface area (Å²) in [6, 6.07) is 13.8. The highest BCUT2D eigenvalue weighted by Gasteiger charge is 2.25. The van der Waals surface area contributed by atoms with E-state index in [4.69, 9.17) is 38.9 Å². The highest BCUT2D eigenvalue weighted by atomic mass is 35.5. The van der Waals surface area contributed by atoms with E-state index >= 15 is 0 Å². The first-order valence-electron chi connectivity index (χ1n) is 13.2. The van der Waals surface area contributed by atoms with E-state index in [-0.39, 0.29) is 52.0 Å². The monoisotopic (exact) mass is 646 g/mol. The molecule has 1 unspecified atom stereocenters. The standard InChI is InChI=1S/C27H35ClN10O5S/c1-38(13-11-34-26(40)22-24(29)36-25(30)23(28)35-22)12-10-33-21(39)15-18(16-6-4-3-5-7-16)17-8-9-19(43-2)20(14-17)44(41,42)37-27(31)32/h3-9,14,18H,10-13,15H2,1-2H3,(H,33,39)(H,34,40)(H4,29,30,36)(H4,31,32,37). The Labute approximate surface area is 260 Å². The number of anilines is 2. The van der Waals surface area contributed by atoms with Crippen LogP contribution in [0.1, 0.15) is 34.0 Å². The first-order chi connectivity index (χ1) is 20.8. The maximum atomic E-state index is 13.0. The summed E-state index contributed by atoms with van der Waals surface area (Å²) in [5.74, 6) is -2.16. The molecule has 3 aromatic rings. The molecule has 10 N–H and O–H groups in total. The van der Waals surface area contributed by atoms with Gasteiger partial charge in [0.1, 0.15) is 10.6 Å².